The van der Waals surface area contributed by atoms with Gasteiger partial charge < -0.3 is 4.57 Å². The number of rotatable bonds is 1. The first kappa shape index (κ1) is 7.55. The third-order valence-electron chi connectivity index (χ3n) is 1.80. The van der Waals surface area contributed by atoms with Gasteiger partial charge in [0.25, 0.3) is 0 Å². The second-order valence-electron chi connectivity index (χ2n) is 2.56. The summed E-state index contributed by atoms with van der Waals surface area (Å²) >= 11 is 3.98. The molecule has 0 radical (unpaired) electrons. The van der Waals surface area contributed by atoms with Crippen LogP contribution in [0.3, 0.4) is 0 Å². The predicted molar refractivity (Wildman–Crippen MR) is 50.8 cm³/mol. The standard InChI is InChI=1S/C7H10N2S2/c1-7(10-4-5-11-7)9-3-2-8-6-9/h2-3,6H,4-5H2,1H3. The molecule has 1 saturated heterocycles. The zero-order chi connectivity index (χ0) is 7.73. The lowest BCUT2D eigenvalue weighted by Gasteiger charge is -2.22. The Morgan fingerprint density at radius 1 is 1.45 bits per heavy atom. The van der Waals surface area contributed by atoms with Crippen LogP contribution < -0.4 is 0 Å². The topological polar surface area (TPSA) is 17.8 Å². The Bertz CT molecular complexity index is 227. The van der Waals surface area contributed by atoms with Gasteiger partial charge in [-0.3, -0.25) is 0 Å². The SMILES string of the molecule is CC1(n2ccnc2)SCCS1. The van der Waals surface area contributed by atoms with Crippen molar-refractivity contribution in [3.8, 4) is 0 Å². The first-order valence-corrected chi connectivity index (χ1v) is 5.55. The van der Waals surface area contributed by atoms with Crippen LogP contribution in [0.15, 0.2) is 18.7 Å². The fraction of sp³-hybridized carbons (Fsp3) is 0.571. The van der Waals surface area contributed by atoms with Crippen molar-refractivity contribution in [3.63, 3.8) is 0 Å². The second kappa shape index (κ2) is 2.75. The summed E-state index contributed by atoms with van der Waals surface area (Å²) in [5.74, 6) is 2.50. The summed E-state index contributed by atoms with van der Waals surface area (Å²) in [6.07, 6.45) is 5.77. The first-order chi connectivity index (χ1) is 5.31. The van der Waals surface area contributed by atoms with E-state index >= 15 is 0 Å². The summed E-state index contributed by atoms with van der Waals surface area (Å²) in [5.41, 5.74) is 0. The van der Waals surface area contributed by atoms with E-state index in [2.05, 4.69) is 16.5 Å². The van der Waals surface area contributed by atoms with Crippen LogP contribution in [-0.4, -0.2) is 21.1 Å². The lowest BCUT2D eigenvalue weighted by molar-refractivity contribution is 0.686. The van der Waals surface area contributed by atoms with Crippen molar-refractivity contribution in [1.29, 1.82) is 0 Å². The summed E-state index contributed by atoms with van der Waals surface area (Å²) in [7, 11) is 0. The van der Waals surface area contributed by atoms with Crippen LogP contribution >= 0.6 is 23.5 Å². The van der Waals surface area contributed by atoms with Crippen LogP contribution in [0, 0.1) is 0 Å². The van der Waals surface area contributed by atoms with E-state index in [1.54, 1.807) is 0 Å². The lowest BCUT2D eigenvalue weighted by atomic mass is 10.7. The molecule has 2 nitrogen and oxygen atoms in total. The van der Waals surface area contributed by atoms with E-state index in [-0.39, 0.29) is 4.20 Å². The second-order valence-corrected chi connectivity index (χ2v) is 5.81. The number of hydrogen-bond acceptors (Lipinski definition) is 3. The molecule has 4 heteroatoms. The lowest BCUT2D eigenvalue weighted by Crippen LogP contribution is -2.17. The smallest absolute Gasteiger partial charge is 0.135 e. The zero-order valence-corrected chi connectivity index (χ0v) is 7.99. The van der Waals surface area contributed by atoms with E-state index in [9.17, 15) is 0 Å². The molecular formula is C7H10N2S2. The number of aromatic nitrogens is 2. The largest absolute Gasteiger partial charge is 0.313 e. The van der Waals surface area contributed by atoms with E-state index in [0.29, 0.717) is 0 Å². The summed E-state index contributed by atoms with van der Waals surface area (Å²) < 4.78 is 2.38. The molecule has 60 valence electrons. The molecule has 1 aliphatic heterocycles. The van der Waals surface area contributed by atoms with Gasteiger partial charge in [-0.2, -0.15) is 0 Å². The maximum absolute atomic E-state index is 4.05. The van der Waals surface area contributed by atoms with Gasteiger partial charge in [-0.15, -0.1) is 23.5 Å². The van der Waals surface area contributed by atoms with Crippen LogP contribution in [0.4, 0.5) is 0 Å². The van der Waals surface area contributed by atoms with Gasteiger partial charge >= 0.3 is 0 Å². The van der Waals surface area contributed by atoms with Gasteiger partial charge in [-0.05, 0) is 6.92 Å². The molecule has 1 aromatic heterocycles. The number of thioether (sulfide) groups is 2. The van der Waals surface area contributed by atoms with Crippen LogP contribution in [0.1, 0.15) is 6.92 Å². The quantitative estimate of drug-likeness (QED) is 0.668. The molecule has 0 N–H and O–H groups in total. The molecule has 1 aliphatic rings. The Morgan fingerprint density at radius 2 is 2.18 bits per heavy atom. The predicted octanol–water partition coefficient (Wildman–Crippen LogP) is 1.99. The van der Waals surface area contributed by atoms with Crippen molar-refractivity contribution in [2.75, 3.05) is 11.5 Å². The minimum Gasteiger partial charge on any atom is -0.313 e. The highest BCUT2D eigenvalue weighted by Crippen LogP contribution is 2.47. The monoisotopic (exact) mass is 186 g/mol. The number of nitrogens with zero attached hydrogens (tertiary/aromatic N) is 2. The molecule has 0 atom stereocenters. The zero-order valence-electron chi connectivity index (χ0n) is 6.36. The molecule has 0 saturated carbocycles. The van der Waals surface area contributed by atoms with Crippen molar-refractivity contribution >= 4 is 23.5 Å². The van der Waals surface area contributed by atoms with Gasteiger partial charge in [-0.1, -0.05) is 0 Å². The molecule has 0 aromatic carbocycles. The molecule has 11 heavy (non-hydrogen) atoms. The third kappa shape index (κ3) is 1.29. The van der Waals surface area contributed by atoms with Gasteiger partial charge in [0, 0.05) is 23.9 Å². The minimum atomic E-state index is 0.205. The van der Waals surface area contributed by atoms with Crippen molar-refractivity contribution in [2.24, 2.45) is 0 Å². The Balaban J connectivity index is 2.27. The first-order valence-electron chi connectivity index (χ1n) is 3.58. The Kier molecular flexibility index (Phi) is 1.89. The van der Waals surface area contributed by atoms with E-state index in [4.69, 9.17) is 0 Å². The van der Waals surface area contributed by atoms with Crippen molar-refractivity contribution in [1.82, 2.24) is 9.55 Å². The molecule has 0 unspecified atom stereocenters. The average Bonchev–Trinajstić information content (AvgIpc) is 2.55. The molecular weight excluding hydrogens is 176 g/mol. The Morgan fingerprint density at radius 3 is 2.73 bits per heavy atom. The summed E-state index contributed by atoms with van der Waals surface area (Å²) in [4.78, 5) is 4.05. The molecule has 2 heterocycles. The Labute approximate surface area is 74.8 Å². The number of hydrogen-bond donors (Lipinski definition) is 0. The molecule has 0 aliphatic carbocycles. The maximum atomic E-state index is 4.05. The average molecular weight is 186 g/mol. The molecule has 0 bridgehead atoms. The van der Waals surface area contributed by atoms with Crippen molar-refractivity contribution in [3.05, 3.63) is 18.7 Å². The van der Waals surface area contributed by atoms with Crippen LogP contribution in [-0.2, 0) is 4.20 Å². The molecule has 1 aromatic rings. The van der Waals surface area contributed by atoms with E-state index in [1.165, 1.54) is 11.5 Å². The fourth-order valence-corrected chi connectivity index (χ4v) is 3.92. The van der Waals surface area contributed by atoms with Gasteiger partial charge in [0.15, 0.2) is 0 Å². The normalized spacial score (nSPS) is 22.3. The third-order valence-corrected chi connectivity index (χ3v) is 5.07. The van der Waals surface area contributed by atoms with Gasteiger partial charge in [0.2, 0.25) is 0 Å². The van der Waals surface area contributed by atoms with Crippen molar-refractivity contribution in [2.45, 2.75) is 11.1 Å². The fourth-order valence-electron chi connectivity index (χ4n) is 1.15. The molecule has 1 fully saturated rings. The summed E-state index contributed by atoms with van der Waals surface area (Å²) in [5, 5.41) is 0. The molecule has 0 spiro atoms. The van der Waals surface area contributed by atoms with Crippen molar-refractivity contribution < 1.29 is 0 Å². The van der Waals surface area contributed by atoms with Gasteiger partial charge in [0.05, 0.1) is 6.33 Å². The van der Waals surface area contributed by atoms with Gasteiger partial charge in [0.1, 0.15) is 4.20 Å². The summed E-state index contributed by atoms with van der Waals surface area (Å²) in [6.45, 7) is 2.25. The Hall–Kier alpha value is -0.0900. The highest BCUT2D eigenvalue weighted by molar-refractivity contribution is 8.20. The molecule has 0 amide bonds. The summed E-state index contributed by atoms with van der Waals surface area (Å²) in [6, 6.07) is 0. The number of imidazole rings is 1. The van der Waals surface area contributed by atoms with E-state index in [0.717, 1.165) is 0 Å². The highest BCUT2D eigenvalue weighted by Gasteiger charge is 2.31. The van der Waals surface area contributed by atoms with E-state index in [1.807, 2.05) is 42.2 Å². The minimum absolute atomic E-state index is 0.205. The van der Waals surface area contributed by atoms with Gasteiger partial charge in [-0.25, -0.2) is 4.98 Å². The molecule has 2 rings (SSSR count). The van der Waals surface area contributed by atoms with Crippen LogP contribution in [0.2, 0.25) is 0 Å². The maximum Gasteiger partial charge on any atom is 0.135 e. The van der Waals surface area contributed by atoms with Crippen LogP contribution in [0.5, 0.6) is 0 Å². The van der Waals surface area contributed by atoms with E-state index < -0.39 is 0 Å². The van der Waals surface area contributed by atoms with Crippen LogP contribution in [0.25, 0.3) is 0 Å². The highest BCUT2D eigenvalue weighted by atomic mass is 32.2.